The lowest BCUT2D eigenvalue weighted by Crippen LogP contribution is -2.35. The van der Waals surface area contributed by atoms with Gasteiger partial charge in [0.15, 0.2) is 0 Å². The van der Waals surface area contributed by atoms with E-state index in [0.717, 1.165) is 5.52 Å². The molecule has 6 nitrogen and oxygen atoms in total. The SMILES string of the molecule is O=C1C[C@@H](C(=O)Nc2ccccc2F)n2c(nc3ccccc32)N1. The van der Waals surface area contributed by atoms with E-state index in [2.05, 4.69) is 15.6 Å². The normalized spacial score (nSPS) is 16.5. The van der Waals surface area contributed by atoms with Crippen molar-refractivity contribution in [2.24, 2.45) is 0 Å². The van der Waals surface area contributed by atoms with Crippen LogP contribution in [0.2, 0.25) is 0 Å². The standard InChI is InChI=1S/C17H13FN4O2/c18-10-5-1-2-6-11(10)19-16(24)14-9-15(23)21-17-20-12-7-3-4-8-13(12)22(14)17/h1-8,14H,9H2,(H,19,24)(H,20,21,23)/t14-/m0/s1. The number of imidazole rings is 1. The largest absolute Gasteiger partial charge is 0.322 e. The molecule has 0 spiro atoms. The molecule has 2 heterocycles. The van der Waals surface area contributed by atoms with Gasteiger partial charge in [0, 0.05) is 0 Å². The Kier molecular flexibility index (Phi) is 3.26. The van der Waals surface area contributed by atoms with Crippen LogP contribution in [0.3, 0.4) is 0 Å². The van der Waals surface area contributed by atoms with E-state index in [1.54, 1.807) is 22.8 Å². The third-order valence-electron chi connectivity index (χ3n) is 3.97. The molecular formula is C17H13FN4O2. The molecule has 0 bridgehead atoms. The maximum atomic E-state index is 13.8. The number of halogens is 1. The summed E-state index contributed by atoms with van der Waals surface area (Å²) >= 11 is 0. The third kappa shape index (κ3) is 2.30. The Morgan fingerprint density at radius 2 is 1.96 bits per heavy atom. The van der Waals surface area contributed by atoms with Gasteiger partial charge in [0.05, 0.1) is 23.1 Å². The smallest absolute Gasteiger partial charge is 0.248 e. The Morgan fingerprint density at radius 1 is 1.21 bits per heavy atom. The Bertz CT molecular complexity index is 966. The van der Waals surface area contributed by atoms with Gasteiger partial charge >= 0.3 is 0 Å². The zero-order valence-corrected chi connectivity index (χ0v) is 12.5. The fourth-order valence-corrected chi connectivity index (χ4v) is 2.88. The highest BCUT2D eigenvalue weighted by molar-refractivity contribution is 6.03. The molecular weight excluding hydrogens is 311 g/mol. The number of nitrogens with zero attached hydrogens (tertiary/aromatic N) is 2. The van der Waals surface area contributed by atoms with Crippen LogP contribution in [0.5, 0.6) is 0 Å². The van der Waals surface area contributed by atoms with Crippen LogP contribution in [0.25, 0.3) is 11.0 Å². The fourth-order valence-electron chi connectivity index (χ4n) is 2.88. The van der Waals surface area contributed by atoms with Crippen molar-refractivity contribution in [3.63, 3.8) is 0 Å². The van der Waals surface area contributed by atoms with E-state index in [1.165, 1.54) is 12.1 Å². The van der Waals surface area contributed by atoms with E-state index in [0.29, 0.717) is 11.5 Å². The van der Waals surface area contributed by atoms with Crippen LogP contribution >= 0.6 is 0 Å². The van der Waals surface area contributed by atoms with Gasteiger partial charge in [-0.05, 0) is 24.3 Å². The number of amides is 2. The average Bonchev–Trinajstić information content (AvgIpc) is 2.94. The molecule has 2 amide bonds. The lowest BCUT2D eigenvalue weighted by atomic mass is 10.1. The van der Waals surface area contributed by atoms with Crippen molar-refractivity contribution in [2.75, 3.05) is 10.6 Å². The molecule has 3 aromatic rings. The molecule has 0 saturated heterocycles. The lowest BCUT2D eigenvalue weighted by Gasteiger charge is -2.25. The summed E-state index contributed by atoms with van der Waals surface area (Å²) in [4.78, 5) is 28.9. The molecule has 1 aromatic heterocycles. The predicted octanol–water partition coefficient (Wildman–Crippen LogP) is 2.70. The maximum Gasteiger partial charge on any atom is 0.248 e. The van der Waals surface area contributed by atoms with Gasteiger partial charge in [-0.25, -0.2) is 9.37 Å². The second-order valence-corrected chi connectivity index (χ2v) is 5.53. The molecule has 120 valence electrons. The minimum Gasteiger partial charge on any atom is -0.322 e. The fraction of sp³-hybridized carbons (Fsp3) is 0.118. The summed E-state index contributed by atoms with van der Waals surface area (Å²) in [5, 5.41) is 5.22. The molecule has 0 aliphatic carbocycles. The van der Waals surface area contributed by atoms with Crippen LogP contribution < -0.4 is 10.6 Å². The van der Waals surface area contributed by atoms with E-state index in [9.17, 15) is 14.0 Å². The van der Waals surface area contributed by atoms with E-state index in [1.807, 2.05) is 18.2 Å². The summed E-state index contributed by atoms with van der Waals surface area (Å²) in [6.07, 6.45) is -0.0341. The second-order valence-electron chi connectivity index (χ2n) is 5.53. The summed E-state index contributed by atoms with van der Waals surface area (Å²) < 4.78 is 15.4. The molecule has 1 aliphatic rings. The molecule has 0 unspecified atom stereocenters. The van der Waals surface area contributed by atoms with Crippen LogP contribution in [0.15, 0.2) is 48.5 Å². The number of fused-ring (bicyclic) bond motifs is 3. The highest BCUT2D eigenvalue weighted by Gasteiger charge is 2.33. The van der Waals surface area contributed by atoms with Crippen molar-refractivity contribution in [1.29, 1.82) is 0 Å². The number of carbonyl (C=O) groups excluding carboxylic acids is 2. The van der Waals surface area contributed by atoms with E-state index >= 15 is 0 Å². The Morgan fingerprint density at radius 3 is 2.79 bits per heavy atom. The van der Waals surface area contributed by atoms with Gasteiger partial charge < -0.3 is 5.32 Å². The molecule has 7 heteroatoms. The highest BCUT2D eigenvalue weighted by atomic mass is 19.1. The third-order valence-corrected chi connectivity index (χ3v) is 3.97. The quantitative estimate of drug-likeness (QED) is 0.761. The predicted molar refractivity (Wildman–Crippen MR) is 87.0 cm³/mol. The molecule has 0 fully saturated rings. The van der Waals surface area contributed by atoms with Gasteiger partial charge in [-0.2, -0.15) is 0 Å². The first-order valence-electron chi connectivity index (χ1n) is 7.46. The van der Waals surface area contributed by atoms with Gasteiger partial charge in [-0.3, -0.25) is 19.5 Å². The minimum absolute atomic E-state index is 0.0341. The first kappa shape index (κ1) is 14.4. The summed E-state index contributed by atoms with van der Waals surface area (Å²) in [5.41, 5.74) is 1.50. The number of hydrogen-bond donors (Lipinski definition) is 2. The summed E-state index contributed by atoms with van der Waals surface area (Å²) in [7, 11) is 0. The Hall–Kier alpha value is -3.22. The number of aromatic nitrogens is 2. The van der Waals surface area contributed by atoms with Gasteiger partial charge in [0.2, 0.25) is 17.8 Å². The van der Waals surface area contributed by atoms with Crippen molar-refractivity contribution in [3.05, 3.63) is 54.3 Å². The second kappa shape index (κ2) is 5.45. The first-order valence-corrected chi connectivity index (χ1v) is 7.46. The maximum absolute atomic E-state index is 13.8. The van der Waals surface area contributed by atoms with Gasteiger partial charge in [0.1, 0.15) is 11.9 Å². The molecule has 4 rings (SSSR count). The molecule has 24 heavy (non-hydrogen) atoms. The lowest BCUT2D eigenvalue weighted by molar-refractivity contribution is -0.124. The van der Waals surface area contributed by atoms with E-state index in [4.69, 9.17) is 0 Å². The van der Waals surface area contributed by atoms with Crippen LogP contribution in [0.1, 0.15) is 12.5 Å². The van der Waals surface area contributed by atoms with Crippen molar-refractivity contribution in [3.8, 4) is 0 Å². The van der Waals surface area contributed by atoms with Crippen molar-refractivity contribution in [2.45, 2.75) is 12.5 Å². The summed E-state index contributed by atoms with van der Waals surface area (Å²) in [6, 6.07) is 12.4. The Balaban J connectivity index is 1.75. The van der Waals surface area contributed by atoms with Crippen molar-refractivity contribution >= 4 is 34.5 Å². The Labute approximate surface area is 136 Å². The number of para-hydroxylation sites is 3. The van der Waals surface area contributed by atoms with Gasteiger partial charge in [-0.1, -0.05) is 24.3 Å². The molecule has 0 saturated carbocycles. The number of hydrogen-bond acceptors (Lipinski definition) is 3. The van der Waals surface area contributed by atoms with Crippen LogP contribution in [-0.4, -0.2) is 21.4 Å². The van der Waals surface area contributed by atoms with Gasteiger partial charge in [0.25, 0.3) is 0 Å². The summed E-state index contributed by atoms with van der Waals surface area (Å²) in [6.45, 7) is 0. The van der Waals surface area contributed by atoms with E-state index < -0.39 is 17.8 Å². The topological polar surface area (TPSA) is 76.0 Å². The minimum atomic E-state index is -0.791. The van der Waals surface area contributed by atoms with Crippen molar-refractivity contribution in [1.82, 2.24) is 9.55 Å². The zero-order chi connectivity index (χ0) is 16.7. The molecule has 2 aromatic carbocycles. The average molecular weight is 324 g/mol. The zero-order valence-electron chi connectivity index (χ0n) is 12.5. The van der Waals surface area contributed by atoms with Crippen LogP contribution in [0.4, 0.5) is 16.0 Å². The molecule has 1 atom stereocenters. The molecule has 1 aliphatic heterocycles. The molecule has 2 N–H and O–H groups in total. The van der Waals surface area contributed by atoms with Crippen LogP contribution in [-0.2, 0) is 9.59 Å². The number of carbonyl (C=O) groups is 2. The first-order chi connectivity index (χ1) is 11.6. The number of anilines is 2. The summed E-state index contributed by atoms with van der Waals surface area (Å²) in [5.74, 6) is -0.964. The van der Waals surface area contributed by atoms with E-state index in [-0.39, 0.29) is 18.0 Å². The number of rotatable bonds is 2. The van der Waals surface area contributed by atoms with Crippen molar-refractivity contribution < 1.29 is 14.0 Å². The number of nitrogens with one attached hydrogen (secondary N) is 2. The van der Waals surface area contributed by atoms with Crippen LogP contribution in [0, 0.1) is 5.82 Å². The monoisotopic (exact) mass is 324 g/mol. The van der Waals surface area contributed by atoms with Gasteiger partial charge in [-0.15, -0.1) is 0 Å². The highest BCUT2D eigenvalue weighted by Crippen LogP contribution is 2.31. The molecule has 0 radical (unpaired) electrons. The number of benzene rings is 2.